The Labute approximate surface area is 72.2 Å². The molecule has 0 unspecified atom stereocenters. The normalized spacial score (nSPS) is 8.67. The van der Waals surface area contributed by atoms with E-state index in [4.69, 9.17) is 15.0 Å². The Morgan fingerprint density at radius 2 is 1.75 bits per heavy atom. The molecule has 0 aliphatic carbocycles. The van der Waals surface area contributed by atoms with Gasteiger partial charge < -0.3 is 19.8 Å². The van der Waals surface area contributed by atoms with Gasteiger partial charge in [-0.15, -0.1) is 0 Å². The molecule has 0 aliphatic heterocycles. The second-order valence-electron chi connectivity index (χ2n) is 2.17. The number of aliphatic hydroxyl groups is 2. The molecule has 0 radical (unpaired) electrons. The molecule has 0 bridgehead atoms. The average Bonchev–Trinajstić information content (AvgIpc) is 1.99. The van der Waals surface area contributed by atoms with Crippen LogP contribution in [0.1, 0.15) is 32.6 Å². The molecule has 12 heavy (non-hydrogen) atoms. The molecule has 2 N–H and O–H groups in total. The van der Waals surface area contributed by atoms with Crippen molar-refractivity contribution in [1.82, 2.24) is 0 Å². The molecule has 0 fully saturated rings. The van der Waals surface area contributed by atoms with Gasteiger partial charge in [0.15, 0.2) is 6.29 Å². The fourth-order valence-electron chi connectivity index (χ4n) is 0.555. The van der Waals surface area contributed by atoms with Crippen molar-refractivity contribution in [3.8, 4) is 0 Å². The maximum absolute atomic E-state index is 9.72. The third-order valence-electron chi connectivity index (χ3n) is 1.03. The molecule has 0 atom stereocenters. The summed E-state index contributed by atoms with van der Waals surface area (Å²) in [6, 6.07) is 0. The Morgan fingerprint density at radius 3 is 2.08 bits per heavy atom. The minimum Gasteiger partial charge on any atom is -0.368 e. The molecular weight excluding hydrogens is 160 g/mol. The quantitative estimate of drug-likeness (QED) is 0.358. The van der Waals surface area contributed by atoms with Crippen molar-refractivity contribution < 1.29 is 19.8 Å². The first-order valence-electron chi connectivity index (χ1n) is 3.88. The molecule has 0 aromatic carbocycles. The van der Waals surface area contributed by atoms with Gasteiger partial charge in [0.1, 0.15) is 12.6 Å². The van der Waals surface area contributed by atoms with Crippen LogP contribution in [0.4, 0.5) is 0 Å². The maximum atomic E-state index is 9.72. The Morgan fingerprint density at radius 1 is 1.25 bits per heavy atom. The number of unbranched alkanes of at least 4 members (excludes halogenated alkanes) is 2. The summed E-state index contributed by atoms with van der Waals surface area (Å²) in [6.07, 6.45) is 2.72. The Kier molecular flexibility index (Phi) is 14.9. The molecule has 4 nitrogen and oxygen atoms in total. The first-order valence-corrected chi connectivity index (χ1v) is 3.88. The highest BCUT2D eigenvalue weighted by atomic mass is 16.5. The number of rotatable bonds is 5. The highest BCUT2D eigenvalue weighted by Gasteiger charge is 1.94. The molecule has 4 heteroatoms. The van der Waals surface area contributed by atoms with Gasteiger partial charge in [0.2, 0.25) is 0 Å². The Bertz CT molecular complexity index is 101. The van der Waals surface area contributed by atoms with Gasteiger partial charge in [-0.3, -0.25) is 0 Å². The first kappa shape index (κ1) is 13.8. The molecule has 0 saturated heterocycles. The summed E-state index contributed by atoms with van der Waals surface area (Å²) in [5.74, 6) is 0. The average molecular weight is 176 g/mol. The van der Waals surface area contributed by atoms with Crippen molar-refractivity contribution in [2.24, 2.45) is 0 Å². The minimum atomic E-state index is -1.21. The van der Waals surface area contributed by atoms with Crippen LogP contribution in [0, 0.1) is 0 Å². The van der Waals surface area contributed by atoms with Crippen LogP contribution in [-0.2, 0) is 9.59 Å². The van der Waals surface area contributed by atoms with Crippen molar-refractivity contribution in [3.63, 3.8) is 0 Å². The van der Waals surface area contributed by atoms with E-state index in [1.807, 2.05) is 0 Å². The third-order valence-corrected chi connectivity index (χ3v) is 1.03. The molecule has 72 valence electrons. The lowest BCUT2D eigenvalue weighted by Gasteiger charge is -1.99. The fraction of sp³-hybridized carbons (Fsp3) is 0.750. The van der Waals surface area contributed by atoms with Crippen LogP contribution in [0.25, 0.3) is 0 Å². The van der Waals surface area contributed by atoms with Gasteiger partial charge in [0.05, 0.1) is 0 Å². The van der Waals surface area contributed by atoms with E-state index in [2.05, 4.69) is 0 Å². The lowest BCUT2D eigenvalue weighted by atomic mass is 10.2. The summed E-state index contributed by atoms with van der Waals surface area (Å²) in [6.45, 7) is 1.44. The summed E-state index contributed by atoms with van der Waals surface area (Å²) in [4.78, 5) is 18.5. The molecule has 0 saturated carbocycles. The second kappa shape index (κ2) is 12.9. The lowest BCUT2D eigenvalue weighted by molar-refractivity contribution is -0.108. The van der Waals surface area contributed by atoms with Crippen molar-refractivity contribution in [3.05, 3.63) is 0 Å². The third kappa shape index (κ3) is 22.8. The number of carbonyl (C=O) groups is 2. The number of hydrogen-bond donors (Lipinski definition) is 2. The SMILES string of the molecule is CC=O.O=CCCCCC(O)O. The summed E-state index contributed by atoms with van der Waals surface area (Å²) in [5.41, 5.74) is 0. The van der Waals surface area contributed by atoms with Crippen molar-refractivity contribution >= 4 is 12.6 Å². The first-order chi connectivity index (χ1) is 5.68. The van der Waals surface area contributed by atoms with Gasteiger partial charge in [-0.05, 0) is 26.2 Å². The highest BCUT2D eigenvalue weighted by Crippen LogP contribution is 1.99. The molecule has 0 amide bonds. The van der Waals surface area contributed by atoms with E-state index >= 15 is 0 Å². The molecule has 0 aromatic heterocycles. The Balaban J connectivity index is 0. The standard InChI is InChI=1S/C6H12O3.C2H4O/c7-5-3-1-2-4-6(8)9;1-2-3/h5-6,8-9H,1-4H2;2H,1H3. The number of aliphatic hydroxyl groups excluding tert-OH is 1. The number of hydrogen-bond acceptors (Lipinski definition) is 4. The number of aldehydes is 2. The summed E-state index contributed by atoms with van der Waals surface area (Å²) in [5, 5.41) is 16.6. The van der Waals surface area contributed by atoms with Gasteiger partial charge >= 0.3 is 0 Å². The van der Waals surface area contributed by atoms with Crippen LogP contribution in [0.2, 0.25) is 0 Å². The van der Waals surface area contributed by atoms with E-state index in [-0.39, 0.29) is 0 Å². The summed E-state index contributed by atoms with van der Waals surface area (Å²) in [7, 11) is 0. The largest absolute Gasteiger partial charge is 0.368 e. The zero-order chi connectivity index (χ0) is 9.82. The van der Waals surface area contributed by atoms with E-state index in [9.17, 15) is 4.79 Å². The maximum Gasteiger partial charge on any atom is 0.151 e. The highest BCUT2D eigenvalue weighted by molar-refractivity contribution is 5.48. The Hall–Kier alpha value is -0.740. The minimum absolute atomic E-state index is 0.369. The van der Waals surface area contributed by atoms with Gasteiger partial charge in [0, 0.05) is 6.42 Å². The van der Waals surface area contributed by atoms with E-state index in [0.29, 0.717) is 19.3 Å². The molecule has 0 rings (SSSR count). The van der Waals surface area contributed by atoms with Crippen molar-refractivity contribution in [1.29, 1.82) is 0 Å². The lowest BCUT2D eigenvalue weighted by Crippen LogP contribution is -2.02. The monoisotopic (exact) mass is 176 g/mol. The predicted molar refractivity (Wildman–Crippen MR) is 44.5 cm³/mol. The van der Waals surface area contributed by atoms with Crippen molar-refractivity contribution in [2.45, 2.75) is 38.9 Å². The zero-order valence-corrected chi connectivity index (χ0v) is 7.27. The van der Waals surface area contributed by atoms with Crippen LogP contribution in [-0.4, -0.2) is 29.1 Å². The zero-order valence-electron chi connectivity index (χ0n) is 7.27. The van der Waals surface area contributed by atoms with Crippen LogP contribution in [0.3, 0.4) is 0 Å². The fourth-order valence-corrected chi connectivity index (χ4v) is 0.555. The van der Waals surface area contributed by atoms with Gasteiger partial charge in [-0.25, -0.2) is 0 Å². The number of carbonyl (C=O) groups excluding carboxylic acids is 2. The smallest absolute Gasteiger partial charge is 0.151 e. The summed E-state index contributed by atoms with van der Waals surface area (Å²) >= 11 is 0. The van der Waals surface area contributed by atoms with Crippen LogP contribution < -0.4 is 0 Å². The van der Waals surface area contributed by atoms with Crippen LogP contribution in [0.5, 0.6) is 0 Å². The van der Waals surface area contributed by atoms with E-state index < -0.39 is 6.29 Å². The van der Waals surface area contributed by atoms with Crippen molar-refractivity contribution in [2.75, 3.05) is 0 Å². The van der Waals surface area contributed by atoms with Crippen LogP contribution in [0.15, 0.2) is 0 Å². The molecule has 0 heterocycles. The van der Waals surface area contributed by atoms with Gasteiger partial charge in [0.25, 0.3) is 0 Å². The van der Waals surface area contributed by atoms with Gasteiger partial charge in [-0.2, -0.15) is 0 Å². The topological polar surface area (TPSA) is 74.6 Å². The summed E-state index contributed by atoms with van der Waals surface area (Å²) < 4.78 is 0. The van der Waals surface area contributed by atoms with Gasteiger partial charge in [-0.1, -0.05) is 0 Å². The van der Waals surface area contributed by atoms with E-state index in [0.717, 1.165) is 19.0 Å². The second-order valence-corrected chi connectivity index (χ2v) is 2.17. The van der Waals surface area contributed by atoms with Crippen LogP contribution >= 0.6 is 0 Å². The molecule has 0 aliphatic rings. The molecular formula is C8H16O4. The molecule has 0 spiro atoms. The van der Waals surface area contributed by atoms with E-state index in [1.165, 1.54) is 6.92 Å². The predicted octanol–water partition coefficient (Wildman–Crippen LogP) is 0.262. The molecule has 0 aromatic rings. The van der Waals surface area contributed by atoms with E-state index in [1.54, 1.807) is 0 Å².